The van der Waals surface area contributed by atoms with Gasteiger partial charge in [-0.05, 0) is 256 Å². The van der Waals surface area contributed by atoms with Crippen LogP contribution < -0.4 is 18.9 Å². The first-order chi connectivity index (χ1) is 59.6. The van der Waals surface area contributed by atoms with E-state index < -0.39 is 29.1 Å². The maximum absolute atomic E-state index is 13.1. The fourth-order valence-electron chi connectivity index (χ4n) is 13.9. The molecule has 0 aliphatic heterocycles. The fraction of sp³-hybridized carbons (Fsp3) is 0.394. The summed E-state index contributed by atoms with van der Waals surface area (Å²) in [6.45, 7) is 57.3. The van der Waals surface area contributed by atoms with Crippen LogP contribution in [-0.4, -0.2) is 28.4 Å². The molecule has 0 radical (unpaired) electrons. The summed E-state index contributed by atoms with van der Waals surface area (Å²) in [5.41, 5.74) is 16.3. The lowest BCUT2D eigenvalue weighted by molar-refractivity contribution is 0.381. The lowest BCUT2D eigenvalue weighted by Gasteiger charge is -2.23. The van der Waals surface area contributed by atoms with Gasteiger partial charge in [0, 0.05) is 69.0 Å². The quantitative estimate of drug-likeness (QED) is 0.102. The van der Waals surface area contributed by atoms with Crippen molar-refractivity contribution in [2.45, 2.75) is 258 Å². The molecule has 0 amide bonds. The zero-order valence-corrected chi connectivity index (χ0v) is 87.8. The predicted octanol–water partition coefficient (Wildman–Crippen LogP) is 39.4. The van der Waals surface area contributed by atoms with E-state index in [0.29, 0.717) is 84.4 Å². The van der Waals surface area contributed by atoms with Crippen molar-refractivity contribution in [2.24, 2.45) is 0 Å². The van der Waals surface area contributed by atoms with Crippen LogP contribution in [0.3, 0.4) is 0 Å². The summed E-state index contributed by atoms with van der Waals surface area (Å²) >= 11 is 53.9. The maximum atomic E-state index is 13.1. The van der Waals surface area contributed by atoms with Crippen LogP contribution in [0, 0.1) is 69.5 Å². The smallest absolute Gasteiger partial charge is 0.137 e. The molecule has 0 bridgehead atoms. The third kappa shape index (κ3) is 39.7. The number of hydrogen-bond acceptors (Lipinski definition) is 4. The summed E-state index contributed by atoms with van der Waals surface area (Å²) in [4.78, 5) is 0. The van der Waals surface area contributed by atoms with Gasteiger partial charge in [-0.3, -0.25) is 0 Å². The highest BCUT2D eigenvalue weighted by Crippen LogP contribution is 2.42. The van der Waals surface area contributed by atoms with Crippen molar-refractivity contribution in [3.8, 4) is 23.0 Å². The Kier molecular flexibility index (Phi) is 55.1. The largest absolute Gasteiger partial charge is 0.496 e. The molecule has 0 heterocycles. The van der Waals surface area contributed by atoms with Gasteiger partial charge in [-0.25, -0.2) is 26.3 Å². The maximum Gasteiger partial charge on any atom is 0.137 e. The van der Waals surface area contributed by atoms with Crippen molar-refractivity contribution in [3.05, 3.63) is 357 Å². The van der Waals surface area contributed by atoms with Crippen LogP contribution in [0.5, 0.6) is 23.0 Å². The number of hydrogen-bond donors (Lipinski definition) is 0. The fourth-order valence-corrected chi connectivity index (χ4v) is 17.9. The Bertz CT molecular complexity index is 4600. The van der Waals surface area contributed by atoms with Crippen molar-refractivity contribution in [1.29, 1.82) is 0 Å². The minimum absolute atomic E-state index is 0.0589. The van der Waals surface area contributed by atoms with E-state index in [1.54, 1.807) is 80.4 Å². The van der Waals surface area contributed by atoms with Gasteiger partial charge in [0.15, 0.2) is 0 Å². The molecule has 19 heteroatoms. The third-order valence-electron chi connectivity index (χ3n) is 19.8. The summed E-state index contributed by atoms with van der Waals surface area (Å²) in [6, 6.07) is 56.0. The molecular weight excluding hydrogens is 1810 g/mol. The molecule has 0 saturated heterocycles. The van der Waals surface area contributed by atoms with Crippen molar-refractivity contribution < 1.29 is 45.3 Å². The Morgan fingerprint density at radius 1 is 0.242 bits per heavy atom. The summed E-state index contributed by atoms with van der Waals surface area (Å²) < 4.78 is 98.1. The van der Waals surface area contributed by atoms with Gasteiger partial charge in [0.1, 0.15) is 57.9 Å². The molecule has 0 aliphatic carbocycles. The van der Waals surface area contributed by atoms with E-state index in [4.69, 9.17) is 123 Å². The summed E-state index contributed by atoms with van der Waals surface area (Å²) in [6.07, 6.45) is 0. The zero-order valence-electron chi connectivity index (χ0n) is 81.0. The minimum Gasteiger partial charge on any atom is -0.496 e. The van der Waals surface area contributed by atoms with Gasteiger partial charge in [-0.1, -0.05) is 355 Å². The Labute approximate surface area is 810 Å². The molecule has 11 aromatic rings. The second kappa shape index (κ2) is 59.3. The lowest BCUT2D eigenvalue weighted by Crippen LogP contribution is -2.13. The topological polar surface area (TPSA) is 36.9 Å². The van der Waals surface area contributed by atoms with Gasteiger partial charge in [-0.2, -0.15) is 0 Å². The van der Waals surface area contributed by atoms with E-state index in [-0.39, 0.29) is 40.1 Å². The molecule has 11 aromatic carbocycles. The Morgan fingerprint density at radius 2 is 0.539 bits per heavy atom. The van der Waals surface area contributed by atoms with Crippen LogP contribution in [0.25, 0.3) is 0 Å². The number of halogens is 15. The molecule has 0 spiro atoms. The number of rotatable bonds is 14. The monoisotopic (exact) mass is 1940 g/mol. The van der Waals surface area contributed by atoms with E-state index in [9.17, 15) is 26.3 Å². The SMILES string of the molecule is CC(C)c1c(Cl)cc(Cl)cc1Cl.CC(C)c1c(Cl)cccc1Cl.CC(C)c1c(F)cc(F)cc1F.CC(C)c1c(F)cccc1F.CC(C)c1ccccc1.COc1cc(C)cc(OC)c1C(C)C.COc1ccc(Cl)c(C(C)(C)C)c1Cl.COc1cccc(C)c1C(C)C.Cc1cccc(Cl)c1C(C)C.Cc1cccc(Cl)c1C(C)C.Cc1cccc(F)c1C(C)C. The molecule has 4 nitrogen and oxygen atoms in total. The van der Waals surface area contributed by atoms with Crippen molar-refractivity contribution in [2.75, 3.05) is 28.4 Å². The zero-order chi connectivity index (χ0) is 98.2. The van der Waals surface area contributed by atoms with Crippen LogP contribution in [-0.2, 0) is 5.41 Å². The van der Waals surface area contributed by atoms with E-state index in [1.807, 2.05) is 126 Å². The number of benzene rings is 11. The Balaban J connectivity index is 0.000000705. The molecule has 11 rings (SSSR count). The number of ether oxygens (including phenoxy) is 4. The molecule has 0 N–H and O–H groups in total. The summed E-state index contributed by atoms with van der Waals surface area (Å²) in [7, 11) is 6.71. The van der Waals surface area contributed by atoms with E-state index in [2.05, 4.69) is 167 Å². The first-order valence-corrected chi connectivity index (χ1v) is 46.4. The lowest BCUT2D eigenvalue weighted by atomic mass is 9.87. The van der Waals surface area contributed by atoms with Crippen molar-refractivity contribution >= 4 is 104 Å². The Morgan fingerprint density at radius 3 is 0.820 bits per heavy atom. The molecule has 0 unspecified atom stereocenters. The van der Waals surface area contributed by atoms with Crippen molar-refractivity contribution in [3.63, 3.8) is 0 Å². The summed E-state index contributed by atoms with van der Waals surface area (Å²) in [5, 5.41) is 6.44. The highest BCUT2D eigenvalue weighted by molar-refractivity contribution is 6.40. The van der Waals surface area contributed by atoms with Gasteiger partial charge in [0.05, 0.1) is 33.5 Å². The number of aryl methyl sites for hydroxylation is 5. The average molecular weight is 1940 g/mol. The van der Waals surface area contributed by atoms with Gasteiger partial charge < -0.3 is 18.9 Å². The summed E-state index contributed by atoms with van der Waals surface area (Å²) in [5.74, 6) is 3.22. The van der Waals surface area contributed by atoms with E-state index >= 15 is 0 Å². The normalized spacial score (nSPS) is 10.7. The van der Waals surface area contributed by atoms with Crippen LogP contribution in [0.2, 0.25) is 45.2 Å². The predicted molar refractivity (Wildman–Crippen MR) is 545 cm³/mol. The molecule has 0 aliphatic rings. The highest BCUT2D eigenvalue weighted by atomic mass is 35.5. The molecule has 128 heavy (non-hydrogen) atoms. The van der Waals surface area contributed by atoms with E-state index in [1.165, 1.54) is 63.2 Å². The highest BCUT2D eigenvalue weighted by Gasteiger charge is 2.24. The molecule has 0 aromatic heterocycles. The molecule has 0 fully saturated rings. The Hall–Kier alpha value is -7.19. The first-order valence-electron chi connectivity index (χ1n) is 43.0. The molecule has 0 atom stereocenters. The standard InChI is InChI=1S/C12H18O2.C11H14Cl2O.C11H16O.2C10H13Cl.C10H13F.C9H9Cl3.C9H10Cl2.C9H9F3.C9H10F2.C9H12/c1-8(2)12-10(13-4)6-9(3)7-11(12)14-5;1-11(2,3)9-7(12)5-6-8(14-4)10(9)13;1-8(2)11-9(3)6-5-7-10(11)12-4;3*1-7(2)10-8(3)5-4-6-9(10)11;1-5(2)9-7(11)3-6(10)4-8(9)12;1-6(2)9-7(10)4-3-5-8(9)11;1-5(2)9-7(11)3-6(10)4-8(9)12;1-6(2)9-7(10)4-3-5-8(9)11;1-8(2)9-6-4-3-5-7-9/h6-8H,1-5H3;5-6H,1-4H3;5-8H,1-4H3;3*4-7H,1-3H3;3-5H,1-2H3;3-6H,1-2H3;3-5H,1-2H3;3-6H,1-2H3;3-8H,1-2H3. The minimum atomic E-state index is -0.880. The van der Waals surface area contributed by atoms with Gasteiger partial charge in [0.2, 0.25) is 0 Å². The third-order valence-corrected chi connectivity index (χ3v) is 22.6. The van der Waals surface area contributed by atoms with Crippen molar-refractivity contribution in [1.82, 2.24) is 0 Å². The van der Waals surface area contributed by atoms with Gasteiger partial charge in [0.25, 0.3) is 0 Å². The second-order valence-corrected chi connectivity index (χ2v) is 38.3. The van der Waals surface area contributed by atoms with Crippen LogP contribution in [0.15, 0.2) is 188 Å². The molecule has 0 saturated carbocycles. The van der Waals surface area contributed by atoms with Crippen LogP contribution in [0.1, 0.15) is 307 Å². The van der Waals surface area contributed by atoms with Gasteiger partial charge in [-0.15, -0.1) is 0 Å². The molecule has 702 valence electrons. The average Bonchev–Trinajstić information content (AvgIpc) is 0.798. The van der Waals surface area contributed by atoms with E-state index in [0.717, 1.165) is 76.3 Å². The van der Waals surface area contributed by atoms with Gasteiger partial charge >= 0.3 is 0 Å². The second-order valence-electron chi connectivity index (χ2n) is 34.7. The van der Waals surface area contributed by atoms with Crippen LogP contribution >= 0.6 is 104 Å². The first kappa shape index (κ1) is 119. The number of methoxy groups -OCH3 is 4. The van der Waals surface area contributed by atoms with Crippen LogP contribution in [0.4, 0.5) is 26.3 Å². The molecular formula is C109H137Cl9F6O4.